The quantitative estimate of drug-likeness (QED) is 0.746. The number of halogens is 2. The lowest BCUT2D eigenvalue weighted by molar-refractivity contribution is 0.626. The molecule has 0 heterocycles. The minimum atomic E-state index is -0.224. The molecule has 0 spiro atoms. The van der Waals surface area contributed by atoms with Crippen molar-refractivity contribution in [1.82, 2.24) is 0 Å². The standard InChI is InChI=1S/C16H13ClFN/c17-16(14-6-1-13(11-19)2-7-14)10-5-12-3-8-15(18)9-4-12/h1-4,6-9,16H,5,10H2. The second-order valence-electron chi connectivity index (χ2n) is 4.37. The number of alkyl halides is 1. The largest absolute Gasteiger partial charge is 0.207 e. The van der Waals surface area contributed by atoms with Crippen molar-refractivity contribution in [3.05, 3.63) is 71.0 Å². The average Bonchev–Trinajstić information content (AvgIpc) is 2.46. The Morgan fingerprint density at radius 2 is 1.68 bits per heavy atom. The van der Waals surface area contributed by atoms with Gasteiger partial charge in [-0.05, 0) is 48.2 Å². The van der Waals surface area contributed by atoms with Crippen LogP contribution in [0.3, 0.4) is 0 Å². The Bertz CT molecular complexity index is 569. The van der Waals surface area contributed by atoms with Gasteiger partial charge in [-0.15, -0.1) is 11.6 Å². The number of hydrogen-bond acceptors (Lipinski definition) is 1. The third-order valence-corrected chi connectivity index (χ3v) is 3.47. The van der Waals surface area contributed by atoms with Crippen LogP contribution >= 0.6 is 11.6 Å². The summed E-state index contributed by atoms with van der Waals surface area (Å²) in [6, 6.07) is 15.8. The van der Waals surface area contributed by atoms with Crippen LogP contribution in [-0.2, 0) is 6.42 Å². The molecule has 2 aromatic rings. The van der Waals surface area contributed by atoms with E-state index in [0.29, 0.717) is 5.56 Å². The van der Waals surface area contributed by atoms with E-state index in [1.807, 2.05) is 12.1 Å². The highest BCUT2D eigenvalue weighted by atomic mass is 35.5. The van der Waals surface area contributed by atoms with Gasteiger partial charge >= 0.3 is 0 Å². The third kappa shape index (κ3) is 3.81. The normalized spacial score (nSPS) is 11.8. The Hall–Kier alpha value is -1.85. The van der Waals surface area contributed by atoms with E-state index in [0.717, 1.165) is 24.0 Å². The van der Waals surface area contributed by atoms with Crippen LogP contribution in [0.15, 0.2) is 48.5 Å². The van der Waals surface area contributed by atoms with E-state index in [-0.39, 0.29) is 11.2 Å². The van der Waals surface area contributed by atoms with Gasteiger partial charge in [0.25, 0.3) is 0 Å². The number of nitriles is 1. The van der Waals surface area contributed by atoms with Crippen molar-refractivity contribution < 1.29 is 4.39 Å². The lowest BCUT2D eigenvalue weighted by atomic mass is 10.0. The molecule has 0 aromatic heterocycles. The first-order valence-corrected chi connectivity index (χ1v) is 6.51. The van der Waals surface area contributed by atoms with E-state index in [4.69, 9.17) is 16.9 Å². The molecule has 1 unspecified atom stereocenters. The van der Waals surface area contributed by atoms with Crippen LogP contribution in [0.2, 0.25) is 0 Å². The Morgan fingerprint density at radius 1 is 1.05 bits per heavy atom. The van der Waals surface area contributed by atoms with Crippen molar-refractivity contribution in [2.75, 3.05) is 0 Å². The minimum absolute atomic E-state index is 0.0993. The predicted molar refractivity (Wildman–Crippen MR) is 74.5 cm³/mol. The van der Waals surface area contributed by atoms with E-state index in [2.05, 4.69) is 6.07 Å². The monoisotopic (exact) mass is 273 g/mol. The molecule has 96 valence electrons. The van der Waals surface area contributed by atoms with Crippen molar-refractivity contribution in [1.29, 1.82) is 5.26 Å². The molecule has 0 aliphatic heterocycles. The van der Waals surface area contributed by atoms with E-state index in [1.165, 1.54) is 12.1 Å². The number of hydrogen-bond donors (Lipinski definition) is 0. The van der Waals surface area contributed by atoms with Gasteiger partial charge < -0.3 is 0 Å². The number of nitrogens with zero attached hydrogens (tertiary/aromatic N) is 1. The Balaban J connectivity index is 1.95. The first kappa shape index (κ1) is 13.6. The summed E-state index contributed by atoms with van der Waals surface area (Å²) in [5.74, 6) is -0.224. The zero-order valence-electron chi connectivity index (χ0n) is 10.3. The molecule has 2 rings (SSSR count). The second kappa shape index (κ2) is 6.36. The third-order valence-electron chi connectivity index (χ3n) is 3.00. The number of rotatable bonds is 4. The molecule has 0 fully saturated rings. The molecule has 0 amide bonds. The van der Waals surface area contributed by atoms with Crippen LogP contribution in [0.1, 0.15) is 28.5 Å². The molecule has 2 aromatic carbocycles. The van der Waals surface area contributed by atoms with E-state index >= 15 is 0 Å². The molecule has 0 N–H and O–H groups in total. The van der Waals surface area contributed by atoms with Crippen LogP contribution in [0, 0.1) is 17.1 Å². The summed E-state index contributed by atoms with van der Waals surface area (Å²) in [4.78, 5) is 0. The van der Waals surface area contributed by atoms with Crippen LogP contribution in [0.5, 0.6) is 0 Å². The summed E-state index contributed by atoms with van der Waals surface area (Å²) in [5.41, 5.74) is 2.70. The van der Waals surface area contributed by atoms with Crippen LogP contribution in [0.25, 0.3) is 0 Å². The summed E-state index contributed by atoms with van der Waals surface area (Å²) in [6.45, 7) is 0. The second-order valence-corrected chi connectivity index (χ2v) is 4.89. The highest BCUT2D eigenvalue weighted by molar-refractivity contribution is 6.20. The molecule has 0 bridgehead atoms. The Labute approximate surface area is 117 Å². The van der Waals surface area contributed by atoms with Crippen molar-refractivity contribution in [2.45, 2.75) is 18.2 Å². The molecule has 0 saturated carbocycles. The van der Waals surface area contributed by atoms with Crippen LogP contribution in [0.4, 0.5) is 4.39 Å². The van der Waals surface area contributed by atoms with E-state index < -0.39 is 0 Å². The molecule has 0 saturated heterocycles. The highest BCUT2D eigenvalue weighted by Crippen LogP contribution is 2.26. The van der Waals surface area contributed by atoms with Gasteiger partial charge in [-0.1, -0.05) is 24.3 Å². The molecule has 1 nitrogen and oxygen atoms in total. The van der Waals surface area contributed by atoms with Crippen molar-refractivity contribution in [3.63, 3.8) is 0 Å². The number of aryl methyl sites for hydroxylation is 1. The predicted octanol–water partition coefficient (Wildman–Crippen LogP) is 4.61. The molecule has 0 aliphatic carbocycles. The SMILES string of the molecule is N#Cc1ccc(C(Cl)CCc2ccc(F)cc2)cc1. The molecular weight excluding hydrogens is 261 g/mol. The topological polar surface area (TPSA) is 23.8 Å². The fourth-order valence-corrected chi connectivity index (χ4v) is 2.13. The van der Waals surface area contributed by atoms with Gasteiger partial charge in [-0.25, -0.2) is 4.39 Å². The van der Waals surface area contributed by atoms with Gasteiger partial charge in [0, 0.05) is 0 Å². The zero-order valence-corrected chi connectivity index (χ0v) is 11.1. The molecule has 3 heteroatoms. The smallest absolute Gasteiger partial charge is 0.123 e. The fourth-order valence-electron chi connectivity index (χ4n) is 1.88. The molecule has 0 aliphatic rings. The van der Waals surface area contributed by atoms with E-state index in [1.54, 1.807) is 24.3 Å². The van der Waals surface area contributed by atoms with Crippen molar-refractivity contribution in [3.8, 4) is 6.07 Å². The van der Waals surface area contributed by atoms with Crippen molar-refractivity contribution >= 4 is 11.6 Å². The van der Waals surface area contributed by atoms with Gasteiger partial charge in [-0.3, -0.25) is 0 Å². The molecule has 1 atom stereocenters. The van der Waals surface area contributed by atoms with Crippen LogP contribution < -0.4 is 0 Å². The lowest BCUT2D eigenvalue weighted by Crippen LogP contribution is -1.94. The molecule has 19 heavy (non-hydrogen) atoms. The van der Waals surface area contributed by atoms with Gasteiger partial charge in [0.2, 0.25) is 0 Å². The van der Waals surface area contributed by atoms with Gasteiger partial charge in [0.1, 0.15) is 5.82 Å². The van der Waals surface area contributed by atoms with Gasteiger partial charge in [0.15, 0.2) is 0 Å². The summed E-state index contributed by atoms with van der Waals surface area (Å²) < 4.78 is 12.8. The maximum atomic E-state index is 12.8. The molecular formula is C16H13ClFN. The lowest BCUT2D eigenvalue weighted by Gasteiger charge is -2.10. The first-order chi connectivity index (χ1) is 9.19. The maximum Gasteiger partial charge on any atom is 0.123 e. The van der Waals surface area contributed by atoms with Crippen molar-refractivity contribution in [2.24, 2.45) is 0 Å². The van der Waals surface area contributed by atoms with Crippen LogP contribution in [-0.4, -0.2) is 0 Å². The zero-order chi connectivity index (χ0) is 13.7. The summed E-state index contributed by atoms with van der Waals surface area (Å²) in [6.07, 6.45) is 1.58. The summed E-state index contributed by atoms with van der Waals surface area (Å²) >= 11 is 6.33. The summed E-state index contributed by atoms with van der Waals surface area (Å²) in [5, 5.41) is 8.63. The maximum absolute atomic E-state index is 12.8. The minimum Gasteiger partial charge on any atom is -0.207 e. The van der Waals surface area contributed by atoms with E-state index in [9.17, 15) is 4.39 Å². The van der Waals surface area contributed by atoms with Gasteiger partial charge in [0.05, 0.1) is 17.0 Å². The summed E-state index contributed by atoms with van der Waals surface area (Å²) in [7, 11) is 0. The first-order valence-electron chi connectivity index (χ1n) is 6.07. The fraction of sp³-hybridized carbons (Fsp3) is 0.188. The Kier molecular flexibility index (Phi) is 4.54. The average molecular weight is 274 g/mol. The van der Waals surface area contributed by atoms with Gasteiger partial charge in [-0.2, -0.15) is 5.26 Å². The molecule has 0 radical (unpaired) electrons. The number of benzene rings is 2. The Morgan fingerprint density at radius 3 is 2.26 bits per heavy atom. The highest BCUT2D eigenvalue weighted by Gasteiger charge is 2.08.